The Morgan fingerprint density at radius 2 is 2.20 bits per heavy atom. The summed E-state index contributed by atoms with van der Waals surface area (Å²) in [4.78, 5) is 26.1. The maximum Gasteiger partial charge on any atom is 0.283 e. The largest absolute Gasteiger partial charge is 0.338 e. The zero-order valence-electron chi connectivity index (χ0n) is 15.2. The van der Waals surface area contributed by atoms with E-state index in [9.17, 15) is 14.9 Å². The smallest absolute Gasteiger partial charge is 0.283 e. The van der Waals surface area contributed by atoms with Crippen LogP contribution in [0, 0.1) is 21.4 Å². The number of amides is 1. The molecule has 1 fully saturated rings. The first-order valence-electron chi connectivity index (χ1n) is 8.66. The van der Waals surface area contributed by atoms with E-state index in [2.05, 4.69) is 20.8 Å². The molecule has 0 aromatic heterocycles. The molecule has 1 amide bonds. The number of benzene rings is 1. The zero-order chi connectivity index (χ0) is 18.6. The number of nitrogens with two attached hydrogens (primary N) is 1. The highest BCUT2D eigenvalue weighted by Crippen LogP contribution is 2.33. The third kappa shape index (κ3) is 4.95. The fourth-order valence-electron chi connectivity index (χ4n) is 2.87. The number of likely N-dealkylation sites (tertiary alicyclic amines) is 1. The van der Waals surface area contributed by atoms with Gasteiger partial charge in [-0.15, -0.1) is 11.8 Å². The third-order valence-electron chi connectivity index (χ3n) is 4.69. The minimum absolute atomic E-state index is 0.0142. The molecule has 0 saturated carbocycles. The number of carbonyl (C=O) groups is 1. The molecule has 1 aromatic rings. The highest BCUT2D eigenvalue weighted by atomic mass is 32.2. The third-order valence-corrected chi connectivity index (χ3v) is 5.79. The van der Waals surface area contributed by atoms with Gasteiger partial charge in [0, 0.05) is 24.7 Å². The van der Waals surface area contributed by atoms with Crippen molar-refractivity contribution < 1.29 is 9.72 Å². The van der Waals surface area contributed by atoms with Crippen molar-refractivity contribution in [2.75, 3.05) is 25.4 Å². The molecule has 6 nitrogen and oxygen atoms in total. The van der Waals surface area contributed by atoms with Crippen LogP contribution in [-0.4, -0.2) is 41.1 Å². The van der Waals surface area contributed by atoms with Crippen molar-refractivity contribution in [3.05, 3.63) is 33.9 Å². The van der Waals surface area contributed by atoms with Gasteiger partial charge in [0.25, 0.3) is 11.6 Å². The van der Waals surface area contributed by atoms with Gasteiger partial charge in [-0.25, -0.2) is 0 Å². The number of hydrogen-bond donors (Lipinski definition) is 1. The standard InChI is InChI=1S/C18H27N3O3S/c1-13(2)6-9-25-16-5-4-14(10-15(16)21(23)24)17(22)20-8-7-18(3,11-19)12-20/h4-5,10,13H,6-9,11-12,19H2,1-3H3. The molecule has 1 unspecified atom stereocenters. The predicted molar refractivity (Wildman–Crippen MR) is 101 cm³/mol. The average molecular weight is 365 g/mol. The maximum absolute atomic E-state index is 12.7. The quantitative estimate of drug-likeness (QED) is 0.453. The van der Waals surface area contributed by atoms with E-state index in [1.807, 2.05) is 0 Å². The van der Waals surface area contributed by atoms with Crippen LogP contribution in [0.25, 0.3) is 0 Å². The average Bonchev–Trinajstić information content (AvgIpc) is 2.97. The molecule has 7 heteroatoms. The van der Waals surface area contributed by atoms with Crippen LogP contribution in [0.2, 0.25) is 0 Å². The molecule has 25 heavy (non-hydrogen) atoms. The second-order valence-corrected chi connectivity index (χ2v) is 8.60. The van der Waals surface area contributed by atoms with Crippen molar-refractivity contribution in [2.24, 2.45) is 17.1 Å². The first-order valence-corrected chi connectivity index (χ1v) is 9.65. The minimum Gasteiger partial charge on any atom is -0.338 e. The highest BCUT2D eigenvalue weighted by molar-refractivity contribution is 7.99. The van der Waals surface area contributed by atoms with Crippen LogP contribution in [0.4, 0.5) is 5.69 Å². The lowest BCUT2D eigenvalue weighted by Gasteiger charge is -2.22. The van der Waals surface area contributed by atoms with Crippen LogP contribution in [0.3, 0.4) is 0 Å². The molecule has 1 aliphatic heterocycles. The molecular weight excluding hydrogens is 338 g/mol. The minimum atomic E-state index is -0.400. The highest BCUT2D eigenvalue weighted by Gasteiger charge is 2.35. The zero-order valence-corrected chi connectivity index (χ0v) is 16.0. The molecule has 1 heterocycles. The molecule has 1 aromatic carbocycles. The topological polar surface area (TPSA) is 89.5 Å². The van der Waals surface area contributed by atoms with Crippen molar-refractivity contribution in [1.29, 1.82) is 0 Å². The second-order valence-electron chi connectivity index (χ2n) is 7.46. The summed E-state index contributed by atoms with van der Waals surface area (Å²) in [6.07, 6.45) is 1.86. The molecule has 0 bridgehead atoms. The van der Waals surface area contributed by atoms with Crippen LogP contribution in [0.5, 0.6) is 0 Å². The normalized spacial score (nSPS) is 20.3. The van der Waals surface area contributed by atoms with Gasteiger partial charge in [0.2, 0.25) is 0 Å². The lowest BCUT2D eigenvalue weighted by Crippen LogP contribution is -2.34. The Bertz CT molecular complexity index is 650. The van der Waals surface area contributed by atoms with Crippen LogP contribution in [0.1, 0.15) is 44.0 Å². The summed E-state index contributed by atoms with van der Waals surface area (Å²) in [6.45, 7) is 8.09. The van der Waals surface area contributed by atoms with Crippen molar-refractivity contribution in [2.45, 2.75) is 38.5 Å². The van der Waals surface area contributed by atoms with E-state index in [4.69, 9.17) is 5.73 Å². The van der Waals surface area contributed by atoms with Gasteiger partial charge in [-0.2, -0.15) is 0 Å². The van der Waals surface area contributed by atoms with Gasteiger partial charge in [-0.1, -0.05) is 20.8 Å². The van der Waals surface area contributed by atoms with E-state index in [1.165, 1.54) is 17.8 Å². The van der Waals surface area contributed by atoms with Crippen LogP contribution in [0.15, 0.2) is 23.1 Å². The monoisotopic (exact) mass is 365 g/mol. The van der Waals surface area contributed by atoms with Crippen LogP contribution >= 0.6 is 11.8 Å². The van der Waals surface area contributed by atoms with Crippen molar-refractivity contribution in [3.63, 3.8) is 0 Å². The second kappa shape index (κ2) is 8.19. The fourth-order valence-corrected chi connectivity index (χ4v) is 4.12. The summed E-state index contributed by atoms with van der Waals surface area (Å²) in [7, 11) is 0. The van der Waals surface area contributed by atoms with Gasteiger partial charge in [-0.3, -0.25) is 14.9 Å². The van der Waals surface area contributed by atoms with Crippen LogP contribution < -0.4 is 5.73 Å². The van der Waals surface area contributed by atoms with E-state index in [1.54, 1.807) is 17.0 Å². The van der Waals surface area contributed by atoms with E-state index >= 15 is 0 Å². The summed E-state index contributed by atoms with van der Waals surface area (Å²) >= 11 is 1.48. The Morgan fingerprint density at radius 1 is 1.48 bits per heavy atom. The summed E-state index contributed by atoms with van der Waals surface area (Å²) in [5.74, 6) is 1.23. The SMILES string of the molecule is CC(C)CCSc1ccc(C(=O)N2CCC(C)(CN)C2)cc1[N+](=O)[O-]. The molecule has 0 radical (unpaired) electrons. The Hall–Kier alpha value is -1.60. The molecule has 138 valence electrons. The molecule has 0 spiro atoms. The predicted octanol–water partition coefficient (Wildman–Crippen LogP) is 3.54. The molecule has 1 saturated heterocycles. The van der Waals surface area contributed by atoms with Crippen LogP contribution in [-0.2, 0) is 0 Å². The van der Waals surface area contributed by atoms with E-state index in [0.29, 0.717) is 36.0 Å². The maximum atomic E-state index is 12.7. The summed E-state index contributed by atoms with van der Waals surface area (Å²) in [5, 5.41) is 11.4. The number of hydrogen-bond acceptors (Lipinski definition) is 5. The van der Waals surface area contributed by atoms with Gasteiger partial charge >= 0.3 is 0 Å². The molecule has 1 atom stereocenters. The van der Waals surface area contributed by atoms with E-state index < -0.39 is 4.92 Å². The van der Waals surface area contributed by atoms with Crippen molar-refractivity contribution in [1.82, 2.24) is 4.90 Å². The lowest BCUT2D eigenvalue weighted by atomic mass is 9.90. The Balaban J connectivity index is 2.15. The molecule has 0 aliphatic carbocycles. The summed E-state index contributed by atoms with van der Waals surface area (Å²) in [5.41, 5.74) is 6.12. The first-order chi connectivity index (χ1) is 11.8. The molecule has 2 rings (SSSR count). The van der Waals surface area contributed by atoms with Gasteiger partial charge in [0.05, 0.1) is 9.82 Å². The Kier molecular flexibility index (Phi) is 6.46. The summed E-state index contributed by atoms with van der Waals surface area (Å²) in [6, 6.07) is 4.82. The van der Waals surface area contributed by atoms with Crippen molar-refractivity contribution >= 4 is 23.4 Å². The number of rotatable bonds is 7. The van der Waals surface area contributed by atoms with Crippen molar-refractivity contribution in [3.8, 4) is 0 Å². The van der Waals surface area contributed by atoms with Gasteiger partial charge in [-0.05, 0) is 48.6 Å². The van der Waals surface area contributed by atoms with Gasteiger partial charge in [0.1, 0.15) is 0 Å². The number of thioether (sulfide) groups is 1. The first kappa shape index (κ1) is 19.7. The lowest BCUT2D eigenvalue weighted by molar-refractivity contribution is -0.387. The number of carbonyl (C=O) groups excluding carboxylic acids is 1. The van der Waals surface area contributed by atoms with Gasteiger partial charge < -0.3 is 10.6 Å². The number of nitro benzene ring substituents is 1. The summed E-state index contributed by atoms with van der Waals surface area (Å²) < 4.78 is 0. The molecule has 1 aliphatic rings. The Morgan fingerprint density at radius 3 is 2.76 bits per heavy atom. The van der Waals surface area contributed by atoms with E-state index in [-0.39, 0.29) is 17.0 Å². The fraction of sp³-hybridized carbons (Fsp3) is 0.611. The molecule has 2 N–H and O–H groups in total. The molecular formula is C18H27N3O3S. The number of nitro groups is 1. The van der Waals surface area contributed by atoms with Gasteiger partial charge in [0.15, 0.2) is 0 Å². The number of nitrogens with zero attached hydrogens (tertiary/aromatic N) is 2. The Labute approximate surface area is 153 Å². The van der Waals surface area contributed by atoms with E-state index in [0.717, 1.165) is 18.6 Å².